The average Bonchev–Trinajstić information content (AvgIpc) is 2.44. The van der Waals surface area contributed by atoms with Crippen molar-refractivity contribution in [1.82, 2.24) is 10.6 Å². The molecule has 0 saturated carbocycles. The second-order valence-electron chi connectivity index (χ2n) is 4.37. The number of carbonyl (C=O) groups excluding carboxylic acids is 2. The van der Waals surface area contributed by atoms with Gasteiger partial charge in [0.1, 0.15) is 6.04 Å². The number of carboxylic acids is 1. The lowest BCUT2D eigenvalue weighted by molar-refractivity contribution is -0.138. The van der Waals surface area contributed by atoms with Crippen molar-refractivity contribution in [3.05, 3.63) is 35.4 Å². The summed E-state index contributed by atoms with van der Waals surface area (Å²) < 4.78 is 0. The van der Waals surface area contributed by atoms with E-state index in [0.717, 1.165) is 6.42 Å². The van der Waals surface area contributed by atoms with Crippen molar-refractivity contribution in [2.75, 3.05) is 6.54 Å². The molecule has 0 radical (unpaired) electrons. The summed E-state index contributed by atoms with van der Waals surface area (Å²) in [7, 11) is 0. The fourth-order valence-corrected chi connectivity index (χ4v) is 1.48. The molecule has 0 aliphatic carbocycles. The number of aliphatic carboxylic acids is 1. The minimum atomic E-state index is -1.12. The zero-order valence-corrected chi connectivity index (χ0v) is 11.5. The average molecular weight is 278 g/mol. The van der Waals surface area contributed by atoms with Crippen LogP contribution < -0.4 is 10.6 Å². The minimum Gasteiger partial charge on any atom is -0.480 e. The third-order valence-electron chi connectivity index (χ3n) is 2.64. The highest BCUT2D eigenvalue weighted by Crippen LogP contribution is 2.06. The Morgan fingerprint density at radius 3 is 2.35 bits per heavy atom. The van der Waals surface area contributed by atoms with Gasteiger partial charge >= 0.3 is 5.97 Å². The first-order valence-electron chi connectivity index (χ1n) is 6.37. The Morgan fingerprint density at radius 1 is 1.20 bits per heavy atom. The Balaban J connectivity index is 2.79. The third-order valence-corrected chi connectivity index (χ3v) is 2.64. The van der Waals surface area contributed by atoms with Gasteiger partial charge in [-0.15, -0.1) is 0 Å². The molecule has 0 saturated heterocycles. The highest BCUT2D eigenvalue weighted by molar-refractivity contribution is 6.00. The molecule has 2 amide bonds. The van der Waals surface area contributed by atoms with Crippen LogP contribution in [0.15, 0.2) is 24.3 Å². The minimum absolute atomic E-state index is 0.252. The fourth-order valence-electron chi connectivity index (χ4n) is 1.48. The van der Waals surface area contributed by atoms with E-state index < -0.39 is 17.9 Å². The first-order valence-corrected chi connectivity index (χ1v) is 6.37. The van der Waals surface area contributed by atoms with Crippen LogP contribution in [0.4, 0.5) is 0 Å². The number of carboxylic acid groups (broad SMARTS) is 1. The van der Waals surface area contributed by atoms with Crippen molar-refractivity contribution in [1.29, 1.82) is 0 Å². The smallest absolute Gasteiger partial charge is 0.325 e. The Kier molecular flexibility index (Phi) is 5.71. The molecular formula is C14H18N2O4. The van der Waals surface area contributed by atoms with Crippen molar-refractivity contribution < 1.29 is 19.5 Å². The summed E-state index contributed by atoms with van der Waals surface area (Å²) >= 11 is 0. The SMILES string of the molecule is CCCNC(=O)c1cccc(C(=O)N[C@@H](C)C(=O)O)c1. The van der Waals surface area contributed by atoms with Gasteiger partial charge in [0.15, 0.2) is 0 Å². The van der Waals surface area contributed by atoms with Gasteiger partial charge in [0.25, 0.3) is 11.8 Å². The van der Waals surface area contributed by atoms with Gasteiger partial charge in [-0.2, -0.15) is 0 Å². The maximum absolute atomic E-state index is 11.8. The van der Waals surface area contributed by atoms with E-state index in [0.29, 0.717) is 12.1 Å². The Morgan fingerprint density at radius 2 is 1.80 bits per heavy atom. The van der Waals surface area contributed by atoms with E-state index in [-0.39, 0.29) is 11.5 Å². The molecule has 0 aliphatic heterocycles. The summed E-state index contributed by atoms with van der Waals surface area (Å²) in [6, 6.07) is 5.17. The van der Waals surface area contributed by atoms with E-state index >= 15 is 0 Å². The Bertz CT molecular complexity index is 514. The van der Waals surface area contributed by atoms with E-state index in [1.165, 1.54) is 19.1 Å². The topological polar surface area (TPSA) is 95.5 Å². The van der Waals surface area contributed by atoms with Crippen LogP contribution in [-0.4, -0.2) is 35.5 Å². The summed E-state index contributed by atoms with van der Waals surface area (Å²) in [5.74, 6) is -1.90. The van der Waals surface area contributed by atoms with Gasteiger partial charge in [-0.1, -0.05) is 13.0 Å². The number of amides is 2. The van der Waals surface area contributed by atoms with Gasteiger partial charge in [-0.3, -0.25) is 14.4 Å². The lowest BCUT2D eigenvalue weighted by Crippen LogP contribution is -2.38. The molecule has 0 aliphatic rings. The lowest BCUT2D eigenvalue weighted by Gasteiger charge is -2.10. The van der Waals surface area contributed by atoms with Gasteiger partial charge in [0, 0.05) is 17.7 Å². The molecule has 3 N–H and O–H groups in total. The van der Waals surface area contributed by atoms with Crippen LogP contribution in [0, 0.1) is 0 Å². The molecule has 20 heavy (non-hydrogen) atoms. The second-order valence-corrected chi connectivity index (χ2v) is 4.37. The van der Waals surface area contributed by atoms with Crippen molar-refractivity contribution in [2.24, 2.45) is 0 Å². The third kappa shape index (κ3) is 4.38. The molecule has 0 spiro atoms. The predicted molar refractivity (Wildman–Crippen MR) is 73.6 cm³/mol. The number of hydrogen-bond acceptors (Lipinski definition) is 3. The molecular weight excluding hydrogens is 260 g/mol. The van der Waals surface area contributed by atoms with Crippen LogP contribution in [0.5, 0.6) is 0 Å². The van der Waals surface area contributed by atoms with Gasteiger partial charge in [0.05, 0.1) is 0 Å². The second kappa shape index (κ2) is 7.28. The number of nitrogens with one attached hydrogen (secondary N) is 2. The zero-order valence-electron chi connectivity index (χ0n) is 11.5. The summed E-state index contributed by atoms with van der Waals surface area (Å²) in [4.78, 5) is 34.3. The molecule has 6 heteroatoms. The van der Waals surface area contributed by atoms with Crippen molar-refractivity contribution >= 4 is 17.8 Å². The zero-order chi connectivity index (χ0) is 15.1. The lowest BCUT2D eigenvalue weighted by atomic mass is 10.1. The van der Waals surface area contributed by atoms with Gasteiger partial charge in [0.2, 0.25) is 0 Å². The molecule has 0 heterocycles. The van der Waals surface area contributed by atoms with Gasteiger partial charge in [-0.05, 0) is 31.5 Å². The van der Waals surface area contributed by atoms with Gasteiger partial charge in [-0.25, -0.2) is 0 Å². The Hall–Kier alpha value is -2.37. The van der Waals surface area contributed by atoms with Crippen molar-refractivity contribution in [3.8, 4) is 0 Å². The number of benzene rings is 1. The normalized spacial score (nSPS) is 11.5. The summed E-state index contributed by atoms with van der Waals surface area (Å²) in [6.45, 7) is 3.88. The molecule has 0 bridgehead atoms. The van der Waals surface area contributed by atoms with Crippen LogP contribution in [0.25, 0.3) is 0 Å². The van der Waals surface area contributed by atoms with Crippen LogP contribution in [0.1, 0.15) is 41.0 Å². The highest BCUT2D eigenvalue weighted by Gasteiger charge is 2.16. The number of carbonyl (C=O) groups is 3. The highest BCUT2D eigenvalue weighted by atomic mass is 16.4. The molecule has 108 valence electrons. The van der Waals surface area contributed by atoms with Gasteiger partial charge < -0.3 is 15.7 Å². The van der Waals surface area contributed by atoms with Crippen LogP contribution in [0.2, 0.25) is 0 Å². The summed E-state index contributed by atoms with van der Waals surface area (Å²) in [6.07, 6.45) is 0.821. The quantitative estimate of drug-likeness (QED) is 0.724. The fraction of sp³-hybridized carbons (Fsp3) is 0.357. The molecule has 1 atom stereocenters. The van der Waals surface area contributed by atoms with E-state index in [2.05, 4.69) is 10.6 Å². The van der Waals surface area contributed by atoms with Crippen LogP contribution in [0.3, 0.4) is 0 Å². The summed E-state index contributed by atoms with van der Waals surface area (Å²) in [5, 5.41) is 13.8. The van der Waals surface area contributed by atoms with Crippen LogP contribution in [-0.2, 0) is 4.79 Å². The van der Waals surface area contributed by atoms with E-state index in [4.69, 9.17) is 5.11 Å². The molecule has 6 nitrogen and oxygen atoms in total. The first kappa shape index (κ1) is 15.7. The van der Waals surface area contributed by atoms with Crippen molar-refractivity contribution in [3.63, 3.8) is 0 Å². The molecule has 1 aromatic carbocycles. The maximum atomic E-state index is 11.8. The largest absolute Gasteiger partial charge is 0.480 e. The van der Waals surface area contributed by atoms with E-state index in [9.17, 15) is 14.4 Å². The van der Waals surface area contributed by atoms with E-state index in [1.807, 2.05) is 6.92 Å². The van der Waals surface area contributed by atoms with Crippen LogP contribution >= 0.6 is 0 Å². The molecule has 0 fully saturated rings. The number of hydrogen-bond donors (Lipinski definition) is 3. The molecule has 0 aromatic heterocycles. The Labute approximate surface area is 117 Å². The molecule has 0 unspecified atom stereocenters. The number of rotatable bonds is 6. The standard InChI is InChI=1S/C14H18N2O4/c1-3-7-15-12(17)10-5-4-6-11(8-10)13(18)16-9(2)14(19)20/h4-6,8-9H,3,7H2,1-2H3,(H,15,17)(H,16,18)(H,19,20)/t9-/m0/s1. The first-order chi connectivity index (χ1) is 9.45. The predicted octanol–water partition coefficient (Wildman–Crippen LogP) is 1.03. The molecule has 1 aromatic rings. The summed E-state index contributed by atoms with van der Waals surface area (Å²) in [5.41, 5.74) is 0.622. The van der Waals surface area contributed by atoms with Crippen molar-refractivity contribution in [2.45, 2.75) is 26.3 Å². The monoisotopic (exact) mass is 278 g/mol. The van der Waals surface area contributed by atoms with E-state index in [1.54, 1.807) is 12.1 Å². The maximum Gasteiger partial charge on any atom is 0.325 e. The molecule has 1 rings (SSSR count).